The van der Waals surface area contributed by atoms with Crippen molar-refractivity contribution < 1.29 is 14.3 Å². The number of rotatable bonds is 8. The van der Waals surface area contributed by atoms with E-state index in [0.717, 1.165) is 60.5 Å². The van der Waals surface area contributed by atoms with Gasteiger partial charge in [-0.05, 0) is 124 Å². The highest BCUT2D eigenvalue weighted by molar-refractivity contribution is 6.67. The van der Waals surface area contributed by atoms with Crippen molar-refractivity contribution in [3.63, 3.8) is 0 Å². The second-order valence-electron chi connectivity index (χ2n) is 19.4. The third-order valence-corrected chi connectivity index (χ3v) is 13.6. The van der Waals surface area contributed by atoms with Gasteiger partial charge in [-0.1, -0.05) is 129 Å². The highest BCUT2D eigenvalue weighted by Gasteiger charge is 2.33. The average Bonchev–Trinajstić information content (AvgIpc) is 4.37. The maximum absolute atomic E-state index is 9.24. The second-order valence-corrected chi connectivity index (χ2v) is 19.4. The molecule has 8 nitrogen and oxygen atoms in total. The number of benzene rings is 7. The van der Waals surface area contributed by atoms with E-state index < -0.39 is 19.1 Å². The molecule has 2 aromatic heterocycles. The van der Waals surface area contributed by atoms with Crippen LogP contribution in [0, 0.1) is 0 Å². The van der Waals surface area contributed by atoms with Crippen LogP contribution in [0.1, 0.15) is 47.1 Å². The van der Waals surface area contributed by atoms with E-state index in [-0.39, 0.29) is 34.4 Å². The Morgan fingerprint density at radius 3 is 1.99 bits per heavy atom. The highest BCUT2D eigenvalue weighted by atomic mass is 16.5. The molecular formula is C65H55B2N7O. The number of ether oxygens (including phenoxy) is 1. The maximum atomic E-state index is 9.24. The van der Waals surface area contributed by atoms with E-state index in [0.29, 0.717) is 40.1 Å². The van der Waals surface area contributed by atoms with Crippen molar-refractivity contribution in [2.24, 2.45) is 6.98 Å². The number of aryl methyl sites for hydroxylation is 1. The van der Waals surface area contributed by atoms with Crippen molar-refractivity contribution in [2.75, 3.05) is 16.5 Å². The summed E-state index contributed by atoms with van der Waals surface area (Å²) in [6, 6.07) is 40.2. The summed E-state index contributed by atoms with van der Waals surface area (Å²) in [6.45, 7) is 4.45. The molecule has 12 rings (SSSR count). The monoisotopic (exact) mass is 979 g/mol. The van der Waals surface area contributed by atoms with Gasteiger partial charge < -0.3 is 29.7 Å². The first-order valence-electron chi connectivity index (χ1n) is 28.5. The molecular weight excluding hydrogens is 916 g/mol. The molecule has 0 bridgehead atoms. The van der Waals surface area contributed by atoms with Gasteiger partial charge in [0, 0.05) is 64.5 Å². The van der Waals surface area contributed by atoms with Crippen molar-refractivity contribution in [3.05, 3.63) is 254 Å². The van der Waals surface area contributed by atoms with Crippen LogP contribution in [0.5, 0.6) is 11.5 Å². The Labute approximate surface area is 450 Å². The fraction of sp³-hybridized carbons (Fsp3) is 0.0923. The zero-order chi connectivity index (χ0) is 56.9. The maximum Gasteiger partial charge on any atom is 0.215 e. The molecule has 0 saturated heterocycles. The normalized spacial score (nSPS) is 20.0. The Morgan fingerprint density at radius 2 is 1.27 bits per heavy atom. The standard InChI is InChI=1S/C65H55B2N7O/c1-65(2,3)47-40-53(55-23-18-36-68-34-16-14-32-66-55)63(54(41-47)56-24-19-37-69-35-17-15-33-67-56)73-44-72(60-28-12-13-29-61(60)73)48-38-46(45-20-6-5-7-21-45)39-50(42-48)75-49-30-31-52-51-22-8-10-26-58(51)74(62(52)43-49)64-70-57-25-9-11-27-59(57)71(64)4/h5-43,68-69H,44H2,1-4H3/b32-14-,33-15-,34-16-,35-17-,36-18-,37-19-,55-23-,56-24-/i4D3,8D,10D,22D,26D. The third kappa shape index (κ3) is 9.20. The van der Waals surface area contributed by atoms with Crippen LogP contribution in [0.15, 0.2) is 237 Å². The molecule has 2 N–H and O–H groups in total. The van der Waals surface area contributed by atoms with Gasteiger partial charge in [0.05, 0.1) is 44.6 Å². The number of allylic oxidation sites excluding steroid dienone is 8. The minimum absolute atomic E-state index is 0.0260. The molecule has 362 valence electrons. The van der Waals surface area contributed by atoms with E-state index in [1.54, 1.807) is 42.5 Å². The Hall–Kier alpha value is -9.14. The lowest BCUT2D eigenvalue weighted by Gasteiger charge is -2.31. The summed E-state index contributed by atoms with van der Waals surface area (Å²) in [5, 5.41) is 7.19. The quantitative estimate of drug-likeness (QED) is 0.148. The van der Waals surface area contributed by atoms with E-state index >= 15 is 0 Å². The summed E-state index contributed by atoms with van der Waals surface area (Å²) in [6.07, 6.45) is 24.0. The van der Waals surface area contributed by atoms with E-state index in [1.807, 2.05) is 91.6 Å². The molecule has 7 aromatic carbocycles. The lowest BCUT2D eigenvalue weighted by atomic mass is 9.62. The fourth-order valence-electron chi connectivity index (χ4n) is 9.95. The van der Waals surface area contributed by atoms with Crippen LogP contribution in [0.3, 0.4) is 0 Å². The summed E-state index contributed by atoms with van der Waals surface area (Å²) in [5.74, 6) is 5.00. The summed E-state index contributed by atoms with van der Waals surface area (Å²) in [4.78, 5) is 9.56. The Morgan fingerprint density at radius 1 is 0.600 bits per heavy atom. The molecule has 0 fully saturated rings. The number of anilines is 4. The van der Waals surface area contributed by atoms with E-state index in [2.05, 4.69) is 134 Å². The van der Waals surface area contributed by atoms with Crippen LogP contribution in [0.4, 0.5) is 22.7 Å². The van der Waals surface area contributed by atoms with Gasteiger partial charge >= 0.3 is 0 Å². The molecule has 3 aliphatic heterocycles. The van der Waals surface area contributed by atoms with Crippen molar-refractivity contribution in [2.45, 2.75) is 26.2 Å². The number of hydrogen-bond donors (Lipinski definition) is 2. The molecule has 75 heavy (non-hydrogen) atoms. The van der Waals surface area contributed by atoms with Crippen LogP contribution in [-0.4, -0.2) is 35.3 Å². The zero-order valence-corrected chi connectivity index (χ0v) is 41.7. The molecule has 0 saturated carbocycles. The van der Waals surface area contributed by atoms with Crippen LogP contribution in [0.25, 0.3) is 60.9 Å². The Balaban J connectivity index is 1.04. The molecule has 9 aromatic rings. The van der Waals surface area contributed by atoms with Gasteiger partial charge in [0.1, 0.15) is 18.2 Å². The predicted octanol–water partition coefficient (Wildman–Crippen LogP) is 15.1. The Kier molecular flexibility index (Phi) is 10.5. The van der Waals surface area contributed by atoms with Gasteiger partial charge in [-0.25, -0.2) is 4.98 Å². The molecule has 0 atom stereocenters. The lowest BCUT2D eigenvalue weighted by Crippen LogP contribution is -2.26. The molecule has 10 heteroatoms. The number of imidazole rings is 1. The van der Waals surface area contributed by atoms with E-state index in [1.165, 1.54) is 10.1 Å². The zero-order valence-electron chi connectivity index (χ0n) is 48.7. The first-order chi connectivity index (χ1) is 39.6. The van der Waals surface area contributed by atoms with Gasteiger partial charge in [-0.3, -0.25) is 4.57 Å². The second kappa shape index (κ2) is 20.0. The number of nitrogens with one attached hydrogen (secondary N) is 2. The summed E-state index contributed by atoms with van der Waals surface area (Å²) in [5.41, 5.74) is 12.1. The van der Waals surface area contributed by atoms with Crippen LogP contribution < -0.4 is 25.2 Å². The van der Waals surface area contributed by atoms with Gasteiger partial charge in [0.25, 0.3) is 0 Å². The Bertz CT molecular complexity index is 4200. The predicted molar refractivity (Wildman–Crippen MR) is 316 cm³/mol. The van der Waals surface area contributed by atoms with Crippen LogP contribution in [-0.2, 0) is 12.4 Å². The molecule has 3 aliphatic rings. The van der Waals surface area contributed by atoms with E-state index in [4.69, 9.17) is 17.9 Å². The number of nitrogens with zero attached hydrogens (tertiary/aromatic N) is 5. The van der Waals surface area contributed by atoms with Crippen molar-refractivity contribution >= 4 is 81.1 Å². The smallest absolute Gasteiger partial charge is 0.215 e. The van der Waals surface area contributed by atoms with Crippen molar-refractivity contribution in [1.29, 1.82) is 0 Å². The summed E-state index contributed by atoms with van der Waals surface area (Å²) in [7, 11) is 4.33. The average molecular weight is 979 g/mol. The molecule has 2 radical (unpaired) electrons. The number of aromatic nitrogens is 3. The summed E-state index contributed by atoms with van der Waals surface area (Å²) < 4.78 is 71.7. The van der Waals surface area contributed by atoms with Crippen LogP contribution >= 0.6 is 0 Å². The van der Waals surface area contributed by atoms with Gasteiger partial charge in [0.15, 0.2) is 14.6 Å². The van der Waals surface area contributed by atoms with Gasteiger partial charge in [0.2, 0.25) is 5.95 Å². The first kappa shape index (κ1) is 39.4. The summed E-state index contributed by atoms with van der Waals surface area (Å²) >= 11 is 0. The number of fused-ring (bicyclic) bond motifs is 5. The lowest BCUT2D eigenvalue weighted by molar-refractivity contribution is 0.483. The largest absolute Gasteiger partial charge is 0.457 e. The topological polar surface area (TPSA) is 62.5 Å². The van der Waals surface area contributed by atoms with Gasteiger partial charge in [-0.15, -0.1) is 12.0 Å². The SMILES string of the molecule is [2H]c1c([2H])c([2H])c2c(c1[2H])c1ccc(Oc3cc(-c4ccccc4)cc(N4CN(c5c(/C6=C/C=C\N/C=C\C=C/[B]6)cc(C(C)(C)C)cc5/C5=C/C=C\N/C=C\C=C/[B]5)c5ccccc54)c3)cc1n2-c1nc2ccccc2n1C([2H])([2H])[2H]. The highest BCUT2D eigenvalue weighted by Crippen LogP contribution is 2.50. The number of para-hydroxylation sites is 5. The molecule has 0 unspecified atom stereocenters. The van der Waals surface area contributed by atoms with Crippen molar-refractivity contribution in [3.8, 4) is 28.6 Å². The van der Waals surface area contributed by atoms with Crippen LogP contribution in [0.2, 0.25) is 0 Å². The third-order valence-electron chi connectivity index (χ3n) is 13.6. The fourth-order valence-corrected chi connectivity index (χ4v) is 9.95. The van der Waals surface area contributed by atoms with E-state index in [9.17, 15) is 1.37 Å². The molecule has 0 aliphatic carbocycles. The molecule has 0 spiro atoms. The first-order valence-corrected chi connectivity index (χ1v) is 25.0. The van der Waals surface area contributed by atoms with Crippen molar-refractivity contribution in [1.82, 2.24) is 24.8 Å². The molecule has 0 amide bonds. The van der Waals surface area contributed by atoms with Gasteiger partial charge in [-0.2, -0.15) is 0 Å². The number of hydrogen-bond acceptors (Lipinski definition) is 6. The minimum atomic E-state index is -2.72. The minimum Gasteiger partial charge on any atom is -0.457 e. The molecule has 5 heterocycles.